The fourth-order valence-electron chi connectivity index (χ4n) is 5.38. The average molecular weight is 623 g/mol. The molecule has 4 rings (SSSR count). The van der Waals surface area contributed by atoms with Crippen LogP contribution >= 0.6 is 0 Å². The fourth-order valence-corrected chi connectivity index (χ4v) is 5.38. The van der Waals surface area contributed by atoms with Crippen molar-refractivity contribution >= 4 is 17.6 Å². The monoisotopic (exact) mass is 622 g/mol. The van der Waals surface area contributed by atoms with Crippen LogP contribution in [0, 0.1) is 17.7 Å². The molecule has 0 radical (unpaired) electrons. The number of aromatic carboxylic acids is 1. The predicted molar refractivity (Wildman–Crippen MR) is 150 cm³/mol. The number of hydrogen-bond acceptors (Lipinski definition) is 7. The summed E-state index contributed by atoms with van der Waals surface area (Å²) in [7, 11) is 2.80. The van der Waals surface area contributed by atoms with Crippen molar-refractivity contribution in [2.45, 2.75) is 51.4 Å². The van der Waals surface area contributed by atoms with Crippen LogP contribution in [0.15, 0.2) is 42.7 Å². The highest BCUT2D eigenvalue weighted by atomic mass is 19.4. The zero-order valence-electron chi connectivity index (χ0n) is 24.5. The van der Waals surface area contributed by atoms with Crippen molar-refractivity contribution < 1.29 is 46.5 Å². The highest BCUT2D eigenvalue weighted by Crippen LogP contribution is 2.41. The van der Waals surface area contributed by atoms with Crippen molar-refractivity contribution in [1.82, 2.24) is 15.0 Å². The Balaban J connectivity index is 1.75. The zero-order chi connectivity index (χ0) is 32.0. The van der Waals surface area contributed by atoms with Gasteiger partial charge in [-0.3, -0.25) is 4.79 Å². The van der Waals surface area contributed by atoms with Gasteiger partial charge in [0.15, 0.2) is 11.6 Å². The first-order valence-corrected chi connectivity index (χ1v) is 14.0. The Morgan fingerprint density at radius 1 is 1.07 bits per heavy atom. The third-order valence-corrected chi connectivity index (χ3v) is 7.61. The van der Waals surface area contributed by atoms with Gasteiger partial charge in [0, 0.05) is 38.5 Å². The van der Waals surface area contributed by atoms with Crippen LogP contribution in [-0.4, -0.2) is 65.5 Å². The molecule has 2 aromatic carbocycles. The molecule has 1 aliphatic rings. The van der Waals surface area contributed by atoms with Crippen LogP contribution in [0.2, 0.25) is 0 Å². The Morgan fingerprint density at radius 2 is 1.75 bits per heavy atom. The highest BCUT2D eigenvalue weighted by Gasteiger charge is 2.37. The summed E-state index contributed by atoms with van der Waals surface area (Å²) in [5.41, 5.74) is -1.78. The highest BCUT2D eigenvalue weighted by molar-refractivity contribution is 6.03. The maximum atomic E-state index is 15.7. The van der Waals surface area contributed by atoms with E-state index in [0.717, 1.165) is 37.1 Å². The van der Waals surface area contributed by atoms with Gasteiger partial charge in [0.2, 0.25) is 5.91 Å². The Bertz CT molecular complexity index is 1440. The molecular weight excluding hydrogens is 588 g/mol. The van der Waals surface area contributed by atoms with E-state index in [4.69, 9.17) is 14.2 Å². The first kappa shape index (κ1) is 32.9. The number of halogens is 4. The van der Waals surface area contributed by atoms with Crippen LogP contribution in [-0.2, 0) is 27.0 Å². The quantitative estimate of drug-likeness (QED) is 0.252. The van der Waals surface area contributed by atoms with Crippen molar-refractivity contribution in [3.05, 3.63) is 65.2 Å². The van der Waals surface area contributed by atoms with Gasteiger partial charge in [-0.1, -0.05) is 18.2 Å². The number of carboxylic acid groups (broad SMARTS) is 1. The molecule has 1 aliphatic carbocycles. The second kappa shape index (κ2) is 14.2. The lowest BCUT2D eigenvalue weighted by Gasteiger charge is -2.36. The second-order valence-corrected chi connectivity index (χ2v) is 10.9. The molecule has 1 saturated carbocycles. The van der Waals surface area contributed by atoms with E-state index in [9.17, 15) is 27.9 Å². The van der Waals surface area contributed by atoms with E-state index in [1.165, 1.54) is 42.3 Å². The number of benzene rings is 2. The van der Waals surface area contributed by atoms with Gasteiger partial charge in [-0.25, -0.2) is 13.9 Å². The SMILES string of the molecule is COCC(COC)N(C(=O)C1CCC(C)CC1)c1cc(F)c(Oc2ccc(Cn3ccnn3)cc2C(F)(F)F)cc1C(=O)O. The van der Waals surface area contributed by atoms with Gasteiger partial charge in [-0.05, 0) is 49.3 Å². The molecule has 238 valence electrons. The lowest BCUT2D eigenvalue weighted by atomic mass is 9.82. The zero-order valence-corrected chi connectivity index (χ0v) is 24.5. The van der Waals surface area contributed by atoms with Crippen molar-refractivity contribution in [2.75, 3.05) is 32.3 Å². The van der Waals surface area contributed by atoms with E-state index in [2.05, 4.69) is 17.2 Å². The summed E-state index contributed by atoms with van der Waals surface area (Å²) >= 11 is 0. The van der Waals surface area contributed by atoms with E-state index in [0.29, 0.717) is 18.8 Å². The van der Waals surface area contributed by atoms with Crippen LogP contribution in [0.25, 0.3) is 0 Å². The number of rotatable bonds is 12. The molecule has 0 aliphatic heterocycles. The second-order valence-electron chi connectivity index (χ2n) is 10.9. The van der Waals surface area contributed by atoms with Crippen LogP contribution in [0.5, 0.6) is 11.5 Å². The Hall–Kier alpha value is -4.04. The fraction of sp³-hybridized carbons (Fsp3) is 0.467. The normalized spacial score (nSPS) is 17.1. The van der Waals surface area contributed by atoms with Gasteiger partial charge >= 0.3 is 12.1 Å². The number of alkyl halides is 3. The van der Waals surface area contributed by atoms with Crippen LogP contribution in [0.1, 0.15) is 54.1 Å². The minimum Gasteiger partial charge on any atom is -0.478 e. The molecule has 10 nitrogen and oxygen atoms in total. The van der Waals surface area contributed by atoms with Crippen LogP contribution in [0.3, 0.4) is 0 Å². The number of hydrogen-bond donors (Lipinski definition) is 1. The number of carbonyl (C=O) groups excluding carboxylic acids is 1. The smallest absolute Gasteiger partial charge is 0.419 e. The van der Waals surface area contributed by atoms with E-state index in [1.54, 1.807) is 0 Å². The van der Waals surface area contributed by atoms with E-state index < -0.39 is 58.5 Å². The van der Waals surface area contributed by atoms with E-state index >= 15 is 4.39 Å². The number of aromatic nitrogens is 3. The summed E-state index contributed by atoms with van der Waals surface area (Å²) in [6.45, 7) is 1.99. The molecule has 1 amide bonds. The maximum Gasteiger partial charge on any atom is 0.419 e. The molecular formula is C30H34F4N4O6. The predicted octanol–water partition coefficient (Wildman–Crippen LogP) is 5.80. The molecule has 3 aromatic rings. The summed E-state index contributed by atoms with van der Waals surface area (Å²) in [5.74, 6) is -4.59. The lowest BCUT2D eigenvalue weighted by Crippen LogP contribution is -2.49. The minimum atomic E-state index is -4.88. The average Bonchev–Trinajstić information content (AvgIpc) is 3.48. The van der Waals surface area contributed by atoms with Gasteiger partial charge in [0.25, 0.3) is 0 Å². The third kappa shape index (κ3) is 7.72. The largest absolute Gasteiger partial charge is 0.478 e. The van der Waals surface area contributed by atoms with Crippen molar-refractivity contribution in [3.8, 4) is 11.5 Å². The van der Waals surface area contributed by atoms with Gasteiger partial charge in [0.05, 0.1) is 48.8 Å². The van der Waals surface area contributed by atoms with Gasteiger partial charge < -0.3 is 24.2 Å². The van der Waals surface area contributed by atoms with E-state index in [-0.39, 0.29) is 31.0 Å². The summed E-state index contributed by atoms with van der Waals surface area (Å²) in [4.78, 5) is 27.5. The standard InChI is InChI=1S/C30H34F4N4O6/c1-18-4-7-20(8-5-18)28(39)38(21(16-42-2)17-43-3)25-14-24(31)27(13-22(25)29(40)41)44-26-9-6-19(12-23(26)30(32,33)34)15-37-11-10-35-36-37/h6,9-14,18,20-21H,4-5,7-8,15-17H2,1-3H3,(H,40,41). The Kier molecular flexibility index (Phi) is 10.6. The number of methoxy groups -OCH3 is 2. The molecule has 44 heavy (non-hydrogen) atoms. The molecule has 1 N–H and O–H groups in total. The number of anilines is 1. The number of amides is 1. The molecule has 0 saturated heterocycles. The Morgan fingerprint density at radius 3 is 2.32 bits per heavy atom. The topological polar surface area (TPSA) is 116 Å². The number of nitrogens with zero attached hydrogens (tertiary/aromatic N) is 4. The molecule has 0 atom stereocenters. The third-order valence-electron chi connectivity index (χ3n) is 7.61. The number of carbonyl (C=O) groups is 2. The van der Waals surface area contributed by atoms with Crippen molar-refractivity contribution in [1.29, 1.82) is 0 Å². The summed E-state index contributed by atoms with van der Waals surface area (Å²) in [6, 6.07) is 3.99. The molecule has 0 bridgehead atoms. The molecule has 1 fully saturated rings. The molecule has 1 heterocycles. The lowest BCUT2D eigenvalue weighted by molar-refractivity contribution is -0.138. The molecule has 1 aromatic heterocycles. The van der Waals surface area contributed by atoms with E-state index in [1.807, 2.05) is 0 Å². The molecule has 0 spiro atoms. The van der Waals surface area contributed by atoms with Crippen molar-refractivity contribution in [3.63, 3.8) is 0 Å². The minimum absolute atomic E-state index is 0.0105. The van der Waals surface area contributed by atoms with Crippen LogP contribution in [0.4, 0.5) is 23.2 Å². The molecule has 14 heteroatoms. The van der Waals surface area contributed by atoms with Gasteiger partial charge in [-0.15, -0.1) is 5.10 Å². The van der Waals surface area contributed by atoms with Crippen molar-refractivity contribution in [2.24, 2.45) is 11.8 Å². The Labute approximate surface area is 251 Å². The van der Waals surface area contributed by atoms with Gasteiger partial charge in [-0.2, -0.15) is 13.2 Å². The first-order chi connectivity index (χ1) is 20.9. The maximum absolute atomic E-state index is 15.7. The number of ether oxygens (including phenoxy) is 3. The summed E-state index contributed by atoms with van der Waals surface area (Å²) < 4.78 is 75.1. The van der Waals surface area contributed by atoms with Gasteiger partial charge in [0.1, 0.15) is 5.75 Å². The molecule has 0 unspecified atom stereocenters. The first-order valence-electron chi connectivity index (χ1n) is 14.0. The number of carboxylic acids is 1. The summed E-state index contributed by atoms with van der Waals surface area (Å²) in [6.07, 6.45) is 0.726. The van der Waals surface area contributed by atoms with Crippen LogP contribution < -0.4 is 9.64 Å². The summed E-state index contributed by atoms with van der Waals surface area (Å²) in [5, 5.41) is 17.5.